The molecule has 0 saturated carbocycles. The second-order valence-corrected chi connectivity index (χ2v) is 7.18. The van der Waals surface area contributed by atoms with Crippen LogP contribution in [0.3, 0.4) is 0 Å². The second-order valence-electron chi connectivity index (χ2n) is 7.18. The number of rotatable bonds is 7. The van der Waals surface area contributed by atoms with Gasteiger partial charge in [0.1, 0.15) is 0 Å². The molecule has 0 spiro atoms. The van der Waals surface area contributed by atoms with E-state index in [0.717, 1.165) is 11.1 Å². The smallest absolute Gasteiger partial charge is 0.294 e. The number of methoxy groups -OCH3 is 1. The molecular formula is C24H27NO5. The molecule has 1 aliphatic rings. The maximum absolute atomic E-state index is 13.1. The predicted octanol–water partition coefficient (Wildman–Crippen LogP) is 4.59. The van der Waals surface area contributed by atoms with E-state index in [4.69, 9.17) is 9.47 Å². The molecule has 0 radical (unpaired) electrons. The van der Waals surface area contributed by atoms with Crippen molar-refractivity contribution in [3.63, 3.8) is 0 Å². The maximum atomic E-state index is 13.1. The number of nitrogens with zero attached hydrogens (tertiary/aromatic N) is 1. The standard InChI is InChI=1S/C24H27NO5/c1-6-18(26)21-22(16-11-12-19(29-5)20(13-16)30-7-2)25(24(28)23(21)27)17-10-8-9-14(3)15(17)4/h8-13,22,27H,6-7H2,1-5H3. The minimum atomic E-state index is -0.754. The van der Waals surface area contributed by atoms with Crippen molar-refractivity contribution < 1.29 is 24.2 Å². The molecule has 0 aromatic heterocycles. The van der Waals surface area contributed by atoms with Crippen LogP contribution in [0.15, 0.2) is 47.7 Å². The zero-order chi connectivity index (χ0) is 22.0. The lowest BCUT2D eigenvalue weighted by atomic mass is 9.94. The van der Waals surface area contributed by atoms with Gasteiger partial charge in [-0.1, -0.05) is 25.1 Å². The molecule has 158 valence electrons. The van der Waals surface area contributed by atoms with Crippen LogP contribution in [0.5, 0.6) is 11.5 Å². The van der Waals surface area contributed by atoms with E-state index < -0.39 is 17.7 Å². The fourth-order valence-corrected chi connectivity index (χ4v) is 3.77. The van der Waals surface area contributed by atoms with Gasteiger partial charge in [0, 0.05) is 12.1 Å². The molecule has 0 fully saturated rings. The first-order chi connectivity index (χ1) is 14.3. The van der Waals surface area contributed by atoms with Crippen LogP contribution >= 0.6 is 0 Å². The predicted molar refractivity (Wildman–Crippen MR) is 115 cm³/mol. The number of hydrogen-bond donors (Lipinski definition) is 1. The lowest BCUT2D eigenvalue weighted by Crippen LogP contribution is -2.31. The van der Waals surface area contributed by atoms with Crippen LogP contribution in [0.25, 0.3) is 0 Å². The fourth-order valence-electron chi connectivity index (χ4n) is 3.77. The highest BCUT2D eigenvalue weighted by Crippen LogP contribution is 2.44. The van der Waals surface area contributed by atoms with Crippen molar-refractivity contribution in [1.29, 1.82) is 0 Å². The van der Waals surface area contributed by atoms with E-state index in [1.165, 1.54) is 4.90 Å². The van der Waals surface area contributed by atoms with Gasteiger partial charge in [-0.05, 0) is 55.7 Å². The molecule has 30 heavy (non-hydrogen) atoms. The van der Waals surface area contributed by atoms with Crippen LogP contribution in [-0.4, -0.2) is 30.5 Å². The number of hydrogen-bond acceptors (Lipinski definition) is 5. The summed E-state index contributed by atoms with van der Waals surface area (Å²) in [6, 6.07) is 10.2. The van der Waals surface area contributed by atoms with Gasteiger partial charge in [-0.25, -0.2) is 0 Å². The SMILES string of the molecule is CCOc1cc(C2C(C(=O)CC)=C(O)C(=O)N2c2cccc(C)c2C)ccc1OC. The Morgan fingerprint density at radius 2 is 1.87 bits per heavy atom. The molecule has 1 atom stereocenters. The van der Waals surface area contributed by atoms with Crippen LogP contribution in [0.1, 0.15) is 43.0 Å². The molecule has 0 bridgehead atoms. The van der Waals surface area contributed by atoms with Gasteiger partial charge in [0.05, 0.1) is 25.3 Å². The van der Waals surface area contributed by atoms with Gasteiger partial charge >= 0.3 is 0 Å². The summed E-state index contributed by atoms with van der Waals surface area (Å²) < 4.78 is 11.1. The van der Waals surface area contributed by atoms with E-state index in [1.54, 1.807) is 32.2 Å². The Bertz CT molecular complexity index is 1020. The zero-order valence-electron chi connectivity index (χ0n) is 18.0. The Kier molecular flexibility index (Phi) is 6.15. The summed E-state index contributed by atoms with van der Waals surface area (Å²) >= 11 is 0. The number of Topliss-reactive ketones (excluding diaryl/α,β-unsaturated/α-hetero) is 1. The summed E-state index contributed by atoms with van der Waals surface area (Å²) in [5.41, 5.74) is 3.35. The van der Waals surface area contributed by atoms with Crippen LogP contribution in [0.4, 0.5) is 5.69 Å². The number of aliphatic hydroxyl groups is 1. The summed E-state index contributed by atoms with van der Waals surface area (Å²) in [6.07, 6.45) is 0.179. The third-order valence-corrected chi connectivity index (χ3v) is 5.47. The molecule has 6 heteroatoms. The number of ether oxygens (including phenoxy) is 2. The molecular weight excluding hydrogens is 382 g/mol. The third kappa shape index (κ3) is 3.54. The Labute approximate surface area is 176 Å². The van der Waals surface area contributed by atoms with Gasteiger partial charge in [0.25, 0.3) is 5.91 Å². The molecule has 1 heterocycles. The molecule has 2 aromatic carbocycles. The maximum Gasteiger partial charge on any atom is 0.294 e. The highest BCUT2D eigenvalue weighted by atomic mass is 16.5. The van der Waals surface area contributed by atoms with Crippen LogP contribution in [0, 0.1) is 13.8 Å². The zero-order valence-corrected chi connectivity index (χ0v) is 18.0. The van der Waals surface area contributed by atoms with E-state index in [-0.39, 0.29) is 17.8 Å². The average Bonchev–Trinajstić information content (AvgIpc) is 3.00. The van der Waals surface area contributed by atoms with E-state index in [2.05, 4.69) is 0 Å². The lowest BCUT2D eigenvalue weighted by Gasteiger charge is -2.29. The molecule has 1 N–H and O–H groups in total. The van der Waals surface area contributed by atoms with Crippen molar-refractivity contribution in [1.82, 2.24) is 0 Å². The van der Waals surface area contributed by atoms with Crippen LogP contribution in [-0.2, 0) is 9.59 Å². The summed E-state index contributed by atoms with van der Waals surface area (Å²) in [5.74, 6) is -0.284. The van der Waals surface area contributed by atoms with Crippen molar-refractivity contribution in [2.24, 2.45) is 0 Å². The first kappa shape index (κ1) is 21.4. The highest BCUT2D eigenvalue weighted by Gasteiger charge is 2.44. The molecule has 0 saturated heterocycles. The van der Waals surface area contributed by atoms with Crippen molar-refractivity contribution in [2.45, 2.75) is 40.2 Å². The van der Waals surface area contributed by atoms with Crippen molar-refractivity contribution >= 4 is 17.4 Å². The molecule has 1 unspecified atom stereocenters. The number of anilines is 1. The number of carbonyl (C=O) groups excluding carboxylic acids is 2. The van der Waals surface area contributed by atoms with Gasteiger partial charge in [-0.2, -0.15) is 0 Å². The van der Waals surface area contributed by atoms with Crippen molar-refractivity contribution in [3.05, 3.63) is 64.4 Å². The van der Waals surface area contributed by atoms with Crippen molar-refractivity contribution in [3.8, 4) is 11.5 Å². The minimum absolute atomic E-state index is 0.107. The molecule has 1 amide bonds. The topological polar surface area (TPSA) is 76.1 Å². The van der Waals surface area contributed by atoms with Gasteiger partial charge in [0.15, 0.2) is 23.0 Å². The number of aryl methyl sites for hydroxylation is 1. The van der Waals surface area contributed by atoms with E-state index in [9.17, 15) is 14.7 Å². The Hall–Kier alpha value is -3.28. The molecule has 1 aliphatic heterocycles. The van der Waals surface area contributed by atoms with E-state index in [0.29, 0.717) is 29.4 Å². The number of aliphatic hydroxyl groups excluding tert-OH is 1. The van der Waals surface area contributed by atoms with Crippen molar-refractivity contribution in [2.75, 3.05) is 18.6 Å². The summed E-state index contributed by atoms with van der Waals surface area (Å²) in [7, 11) is 1.55. The highest BCUT2D eigenvalue weighted by molar-refractivity contribution is 6.16. The summed E-state index contributed by atoms with van der Waals surface area (Å²) in [6.45, 7) is 7.90. The number of ketones is 1. The van der Waals surface area contributed by atoms with Gasteiger partial charge in [-0.15, -0.1) is 0 Å². The monoisotopic (exact) mass is 409 g/mol. The first-order valence-electron chi connectivity index (χ1n) is 10.0. The third-order valence-electron chi connectivity index (χ3n) is 5.47. The van der Waals surface area contributed by atoms with Crippen LogP contribution in [0.2, 0.25) is 0 Å². The Morgan fingerprint density at radius 1 is 1.13 bits per heavy atom. The normalized spacial score (nSPS) is 16.2. The van der Waals surface area contributed by atoms with Crippen LogP contribution < -0.4 is 14.4 Å². The van der Waals surface area contributed by atoms with E-state index in [1.807, 2.05) is 39.0 Å². The van der Waals surface area contributed by atoms with Gasteiger partial charge in [-0.3, -0.25) is 14.5 Å². The fraction of sp³-hybridized carbons (Fsp3) is 0.333. The Balaban J connectivity index is 2.24. The number of carbonyl (C=O) groups is 2. The lowest BCUT2D eigenvalue weighted by molar-refractivity contribution is -0.118. The molecule has 6 nitrogen and oxygen atoms in total. The average molecular weight is 409 g/mol. The summed E-state index contributed by atoms with van der Waals surface area (Å²) in [4.78, 5) is 27.4. The minimum Gasteiger partial charge on any atom is -0.503 e. The van der Waals surface area contributed by atoms with E-state index >= 15 is 0 Å². The molecule has 2 aromatic rings. The number of amides is 1. The Morgan fingerprint density at radius 3 is 2.50 bits per heavy atom. The van der Waals surface area contributed by atoms with Gasteiger partial charge < -0.3 is 14.6 Å². The van der Waals surface area contributed by atoms with Gasteiger partial charge in [0.2, 0.25) is 0 Å². The quantitative estimate of drug-likeness (QED) is 0.724. The molecule has 3 rings (SSSR count). The largest absolute Gasteiger partial charge is 0.503 e. The summed E-state index contributed by atoms with van der Waals surface area (Å²) in [5, 5.41) is 10.7. The molecule has 0 aliphatic carbocycles. The first-order valence-corrected chi connectivity index (χ1v) is 10.0. The second kappa shape index (κ2) is 8.61. The number of benzene rings is 2.